The summed E-state index contributed by atoms with van der Waals surface area (Å²) in [4.78, 5) is 10.9. The lowest BCUT2D eigenvalue weighted by molar-refractivity contribution is 0.590. The van der Waals surface area contributed by atoms with Gasteiger partial charge in [-0.1, -0.05) is 202 Å². The summed E-state index contributed by atoms with van der Waals surface area (Å²) in [7, 11) is 0. The number of benzene rings is 9. The van der Waals surface area contributed by atoms with E-state index in [0.717, 1.165) is 5.69 Å². The van der Waals surface area contributed by atoms with Gasteiger partial charge >= 0.3 is 0 Å². The van der Waals surface area contributed by atoms with Gasteiger partial charge in [-0.3, -0.25) is 4.90 Å². The zero-order chi connectivity index (χ0) is 60.3. The van der Waals surface area contributed by atoms with Gasteiger partial charge in [-0.2, -0.15) is 0 Å². The number of hydrogen-bond donors (Lipinski definition) is 0. The molecule has 6 aliphatic rings. The van der Waals surface area contributed by atoms with Crippen LogP contribution in [0.3, 0.4) is 0 Å². The highest BCUT2D eigenvalue weighted by Gasteiger charge is 2.53. The molecule has 0 saturated carbocycles. The Morgan fingerprint density at radius 2 is 0.816 bits per heavy atom. The first kappa shape index (κ1) is 53.4. The Balaban J connectivity index is 1.05. The maximum Gasteiger partial charge on any atom is 0.264 e. The standard InChI is InChI=1S/C80H75BN4S2/c1-75(2,3)44-25-31-48(32-26-44)82-64-43-65-71-72-68(64)81(73-69(82)54-39-52-50-21-17-19-23-56(50)79(13,14)58(52)41-66(54)86-73)60-37-46(77(7,8)9)29-35-61(60)84(72)62-36-30-47(78(10,11)12)38-63(62)85(71)74-70(83(65)49-33-27-45(28-34-49)76(4,5)6)55-40-53-51-22-18-20-24-57(51)80(15,16)59(53)42-67(55)87-74/h17-43H,1-16H3. The van der Waals surface area contributed by atoms with Gasteiger partial charge in [0.1, 0.15) is 5.00 Å². The minimum Gasteiger partial charge on any atom is -0.310 e. The van der Waals surface area contributed by atoms with Crippen LogP contribution in [0.1, 0.15) is 155 Å². The third-order valence-corrected chi connectivity index (χ3v) is 23.2. The SMILES string of the molecule is CC(C)(C)c1ccc(N2c3cc4c5c6c3B(c3cc(C(C)(C)C)ccc3N6c3ccc(C(C)(C)C)cc3N5c3sc5cc6c(cc5c3N4c3ccc(C(C)(C)C)cc3)-c3ccccc3C6(C)C)c3sc4cc5c(cc4c32)-c2ccccc2C5(C)C)cc1. The molecule has 0 bridgehead atoms. The fraction of sp³-hybridized carbons (Fsp3) is 0.275. The summed E-state index contributed by atoms with van der Waals surface area (Å²) in [6.45, 7) is 37.9. The van der Waals surface area contributed by atoms with Gasteiger partial charge in [-0.25, -0.2) is 0 Å². The highest BCUT2D eigenvalue weighted by atomic mass is 32.1. The average molecular weight is 1170 g/mol. The number of thiophene rings is 2. The van der Waals surface area contributed by atoms with Crippen LogP contribution < -0.4 is 35.3 Å². The maximum atomic E-state index is 2.74. The second-order valence-electron chi connectivity index (χ2n) is 31.1. The second-order valence-corrected chi connectivity index (χ2v) is 33.2. The third kappa shape index (κ3) is 7.13. The highest BCUT2D eigenvalue weighted by molar-refractivity contribution is 7.33. The van der Waals surface area contributed by atoms with Crippen molar-refractivity contribution < 1.29 is 0 Å². The molecule has 0 spiro atoms. The van der Waals surface area contributed by atoms with Crippen molar-refractivity contribution in [1.29, 1.82) is 0 Å². The van der Waals surface area contributed by atoms with E-state index < -0.39 is 0 Å². The Kier molecular flexibility index (Phi) is 10.5. The molecule has 0 amide bonds. The summed E-state index contributed by atoms with van der Waals surface area (Å²) in [5, 5.41) is 3.85. The summed E-state index contributed by atoms with van der Waals surface area (Å²) in [5.41, 5.74) is 32.0. The zero-order valence-electron chi connectivity index (χ0n) is 53.3. The molecule has 7 heteroatoms. The average Bonchev–Trinajstić information content (AvgIpc) is 1.60. The summed E-state index contributed by atoms with van der Waals surface area (Å²) in [6, 6.07) is 65.5. The molecule has 11 aromatic rings. The second kappa shape index (κ2) is 17.1. The molecule has 0 atom stereocenters. The van der Waals surface area contributed by atoms with Crippen LogP contribution in [0, 0.1) is 0 Å². The largest absolute Gasteiger partial charge is 0.310 e. The smallest absolute Gasteiger partial charge is 0.264 e. The summed E-state index contributed by atoms with van der Waals surface area (Å²) >= 11 is 4.00. The lowest BCUT2D eigenvalue weighted by Gasteiger charge is -2.51. The van der Waals surface area contributed by atoms with E-state index >= 15 is 0 Å². The van der Waals surface area contributed by atoms with Crippen LogP contribution in [0.4, 0.5) is 67.6 Å². The van der Waals surface area contributed by atoms with Gasteiger partial charge in [0.2, 0.25) is 0 Å². The monoisotopic (exact) mass is 1170 g/mol. The number of anilines is 12. The van der Waals surface area contributed by atoms with Crippen molar-refractivity contribution in [3.8, 4) is 22.3 Å². The van der Waals surface area contributed by atoms with Crippen LogP contribution in [0.15, 0.2) is 164 Å². The first-order valence-corrected chi connectivity index (χ1v) is 33.2. The van der Waals surface area contributed by atoms with E-state index in [0.29, 0.717) is 0 Å². The summed E-state index contributed by atoms with van der Waals surface area (Å²) in [5.74, 6) is 0. The van der Waals surface area contributed by atoms with Crippen LogP contribution >= 0.6 is 22.7 Å². The van der Waals surface area contributed by atoms with E-state index in [2.05, 4.69) is 294 Å². The van der Waals surface area contributed by atoms with Gasteiger partial charge in [0.15, 0.2) is 0 Å². The van der Waals surface area contributed by atoms with E-state index in [1.54, 1.807) is 0 Å². The van der Waals surface area contributed by atoms with Gasteiger partial charge in [-0.15, -0.1) is 22.7 Å². The minimum atomic E-state index is -0.146. The Labute approximate surface area is 522 Å². The molecule has 4 aliphatic heterocycles. The molecule has 17 rings (SSSR count). The molecule has 87 heavy (non-hydrogen) atoms. The van der Waals surface area contributed by atoms with Crippen molar-refractivity contribution in [3.63, 3.8) is 0 Å². The molecule has 9 aromatic carbocycles. The molecule has 4 nitrogen and oxygen atoms in total. The predicted octanol–water partition coefficient (Wildman–Crippen LogP) is 21.6. The fourth-order valence-corrected chi connectivity index (χ4v) is 18.6. The first-order valence-electron chi connectivity index (χ1n) is 31.5. The molecule has 430 valence electrons. The quantitative estimate of drug-likeness (QED) is 0.160. The number of fused-ring (bicyclic) bond motifs is 20. The van der Waals surface area contributed by atoms with E-state index in [4.69, 9.17) is 0 Å². The molecule has 2 aliphatic carbocycles. The zero-order valence-corrected chi connectivity index (χ0v) is 54.9. The molecule has 0 fully saturated rings. The lowest BCUT2D eigenvalue weighted by Crippen LogP contribution is -2.61. The number of hydrogen-bond acceptors (Lipinski definition) is 6. The normalized spacial score (nSPS) is 16.1. The van der Waals surface area contributed by atoms with Crippen molar-refractivity contribution in [2.75, 3.05) is 19.6 Å². The van der Waals surface area contributed by atoms with E-state index in [1.807, 2.05) is 22.7 Å². The molecule has 2 aromatic heterocycles. The van der Waals surface area contributed by atoms with Gasteiger partial charge in [0, 0.05) is 58.5 Å². The van der Waals surface area contributed by atoms with Crippen molar-refractivity contribution in [2.45, 2.75) is 143 Å². The lowest BCUT2D eigenvalue weighted by atomic mass is 9.35. The minimum absolute atomic E-state index is 0.0187. The fourth-order valence-electron chi connectivity index (χ4n) is 16.0. The Hall–Kier alpha value is -7.84. The van der Waals surface area contributed by atoms with Crippen LogP contribution in [-0.4, -0.2) is 6.71 Å². The molecule has 0 radical (unpaired) electrons. The summed E-state index contributed by atoms with van der Waals surface area (Å²) in [6.07, 6.45) is 0. The predicted molar refractivity (Wildman–Crippen MR) is 378 cm³/mol. The van der Waals surface area contributed by atoms with Crippen molar-refractivity contribution in [1.82, 2.24) is 0 Å². The van der Waals surface area contributed by atoms with E-state index in [1.165, 1.54) is 165 Å². The highest BCUT2D eigenvalue weighted by Crippen LogP contribution is 2.69. The molecule has 0 saturated heterocycles. The topological polar surface area (TPSA) is 13.0 Å². The molecular weight excluding hydrogens is 1090 g/mol. The maximum absolute atomic E-state index is 2.74. The molecule has 0 N–H and O–H groups in total. The molecule has 6 heterocycles. The Morgan fingerprint density at radius 1 is 0.345 bits per heavy atom. The van der Waals surface area contributed by atoms with E-state index in [9.17, 15) is 0 Å². The van der Waals surface area contributed by atoms with Gasteiger partial charge < -0.3 is 14.7 Å². The van der Waals surface area contributed by atoms with Gasteiger partial charge in [-0.05, 0) is 172 Å². The van der Waals surface area contributed by atoms with Crippen molar-refractivity contribution in [2.24, 2.45) is 0 Å². The third-order valence-electron chi connectivity index (χ3n) is 20.9. The van der Waals surface area contributed by atoms with Crippen molar-refractivity contribution in [3.05, 3.63) is 208 Å². The molecule has 0 unspecified atom stereocenters. The number of rotatable bonds is 2. The first-order chi connectivity index (χ1) is 41.2. The van der Waals surface area contributed by atoms with E-state index in [-0.39, 0.29) is 39.2 Å². The van der Waals surface area contributed by atoms with Crippen LogP contribution in [0.2, 0.25) is 0 Å². The molecular formula is C80H75BN4S2. The van der Waals surface area contributed by atoms with Crippen molar-refractivity contribution >= 4 is 133 Å². The Morgan fingerprint density at radius 3 is 1.36 bits per heavy atom. The Bertz CT molecular complexity index is 4570. The van der Waals surface area contributed by atoms with Gasteiger partial charge in [0.05, 0.1) is 39.8 Å². The van der Waals surface area contributed by atoms with Crippen LogP contribution in [0.5, 0.6) is 0 Å². The summed E-state index contributed by atoms with van der Waals surface area (Å²) < 4.78 is 4.05. The van der Waals surface area contributed by atoms with Gasteiger partial charge in [0.25, 0.3) is 6.71 Å². The van der Waals surface area contributed by atoms with Crippen LogP contribution in [-0.2, 0) is 32.5 Å². The number of nitrogens with zero attached hydrogens (tertiary/aromatic N) is 4. The van der Waals surface area contributed by atoms with Crippen LogP contribution in [0.25, 0.3) is 42.4 Å².